The summed E-state index contributed by atoms with van der Waals surface area (Å²) in [6.07, 6.45) is 0.938. The van der Waals surface area contributed by atoms with Crippen LogP contribution in [0.3, 0.4) is 0 Å². The number of hydrazine groups is 1. The zero-order chi connectivity index (χ0) is 8.10. The van der Waals surface area contributed by atoms with Crippen LogP contribution in [-0.2, 0) is 6.42 Å². The summed E-state index contributed by atoms with van der Waals surface area (Å²) >= 11 is 5.71. The Morgan fingerprint density at radius 3 is 2.33 bits per heavy atom. The summed E-state index contributed by atoms with van der Waals surface area (Å²) in [5.74, 6) is 5.13. The Morgan fingerprint density at radius 2 is 1.83 bits per heavy atom. The molecule has 3 N–H and O–H groups in total. The smallest absolute Gasteiger partial charge is 0.0406 e. The topological polar surface area (TPSA) is 38.0 Å². The molecule has 0 amide bonds. The second kappa shape index (κ2) is 6.26. The number of nitrogens with one attached hydrogen (secondary N) is 1. The SMILES string of the molecule is Cl.NNCCc1ccc(Cl)cc1. The molecule has 1 rings (SSSR count). The summed E-state index contributed by atoms with van der Waals surface area (Å²) in [5, 5.41) is 0.773. The first-order chi connectivity index (χ1) is 5.33. The molecule has 0 aliphatic carbocycles. The molecule has 0 fully saturated rings. The van der Waals surface area contributed by atoms with Crippen LogP contribution in [0.5, 0.6) is 0 Å². The maximum atomic E-state index is 5.71. The second-order valence-corrected chi connectivity index (χ2v) is 2.77. The van der Waals surface area contributed by atoms with Crippen LogP contribution in [0.4, 0.5) is 0 Å². The molecule has 0 unspecified atom stereocenters. The minimum absolute atomic E-state index is 0. The van der Waals surface area contributed by atoms with E-state index in [4.69, 9.17) is 17.4 Å². The highest BCUT2D eigenvalue weighted by molar-refractivity contribution is 6.30. The molecule has 0 bridgehead atoms. The van der Waals surface area contributed by atoms with Crippen LogP contribution < -0.4 is 11.3 Å². The van der Waals surface area contributed by atoms with Crippen LogP contribution in [0.25, 0.3) is 0 Å². The molecule has 12 heavy (non-hydrogen) atoms. The van der Waals surface area contributed by atoms with Crippen molar-refractivity contribution < 1.29 is 0 Å². The fraction of sp³-hybridized carbons (Fsp3) is 0.250. The molecule has 0 spiro atoms. The van der Waals surface area contributed by atoms with Gasteiger partial charge in [-0.05, 0) is 24.1 Å². The second-order valence-electron chi connectivity index (χ2n) is 2.33. The normalized spacial score (nSPS) is 9.17. The average molecular weight is 207 g/mol. The van der Waals surface area contributed by atoms with Gasteiger partial charge in [-0.3, -0.25) is 11.3 Å². The number of benzene rings is 1. The van der Waals surface area contributed by atoms with Crippen molar-refractivity contribution in [2.24, 2.45) is 5.84 Å². The minimum Gasteiger partial charge on any atom is -0.271 e. The van der Waals surface area contributed by atoms with Gasteiger partial charge in [0.2, 0.25) is 0 Å². The third kappa shape index (κ3) is 3.93. The molecular formula is C8H12Cl2N2. The molecule has 0 aliphatic heterocycles. The Bertz CT molecular complexity index is 211. The highest BCUT2D eigenvalue weighted by Crippen LogP contribution is 2.09. The first-order valence-electron chi connectivity index (χ1n) is 3.51. The van der Waals surface area contributed by atoms with E-state index in [0.717, 1.165) is 18.0 Å². The van der Waals surface area contributed by atoms with E-state index >= 15 is 0 Å². The van der Waals surface area contributed by atoms with Crippen molar-refractivity contribution in [1.29, 1.82) is 0 Å². The lowest BCUT2D eigenvalue weighted by Crippen LogP contribution is -2.24. The minimum atomic E-state index is 0. The van der Waals surface area contributed by atoms with Crippen molar-refractivity contribution in [2.75, 3.05) is 6.54 Å². The quantitative estimate of drug-likeness (QED) is 0.585. The average Bonchev–Trinajstić information content (AvgIpc) is 2.04. The van der Waals surface area contributed by atoms with Gasteiger partial charge < -0.3 is 0 Å². The monoisotopic (exact) mass is 206 g/mol. The van der Waals surface area contributed by atoms with E-state index < -0.39 is 0 Å². The molecule has 1 aromatic rings. The van der Waals surface area contributed by atoms with Crippen molar-refractivity contribution in [3.63, 3.8) is 0 Å². The zero-order valence-corrected chi connectivity index (χ0v) is 8.16. The predicted molar refractivity (Wildman–Crippen MR) is 54.6 cm³/mol. The first kappa shape index (κ1) is 11.7. The highest BCUT2D eigenvalue weighted by Gasteiger charge is 1.90. The van der Waals surface area contributed by atoms with Gasteiger partial charge in [0.05, 0.1) is 0 Å². The molecular weight excluding hydrogens is 195 g/mol. The number of rotatable bonds is 3. The molecule has 1 aromatic carbocycles. The van der Waals surface area contributed by atoms with E-state index in [0.29, 0.717) is 0 Å². The van der Waals surface area contributed by atoms with E-state index in [9.17, 15) is 0 Å². The molecule has 0 aromatic heterocycles. The Labute approximate surface area is 83.5 Å². The third-order valence-electron chi connectivity index (χ3n) is 1.47. The molecule has 0 aliphatic rings. The van der Waals surface area contributed by atoms with E-state index in [1.165, 1.54) is 5.56 Å². The van der Waals surface area contributed by atoms with Gasteiger partial charge in [0.15, 0.2) is 0 Å². The van der Waals surface area contributed by atoms with Crippen LogP contribution in [0.2, 0.25) is 5.02 Å². The maximum Gasteiger partial charge on any atom is 0.0406 e. The van der Waals surface area contributed by atoms with E-state index in [1.54, 1.807) is 0 Å². The Balaban J connectivity index is 0.00000121. The van der Waals surface area contributed by atoms with Crippen LogP contribution in [0, 0.1) is 0 Å². The Kier molecular flexibility index (Phi) is 6.11. The third-order valence-corrected chi connectivity index (χ3v) is 1.72. The number of nitrogens with two attached hydrogens (primary N) is 1. The van der Waals surface area contributed by atoms with Gasteiger partial charge in [0, 0.05) is 11.6 Å². The van der Waals surface area contributed by atoms with E-state index in [-0.39, 0.29) is 12.4 Å². The number of hydrogen-bond donors (Lipinski definition) is 2. The summed E-state index contributed by atoms with van der Waals surface area (Å²) in [6.45, 7) is 0.793. The summed E-state index contributed by atoms with van der Waals surface area (Å²) in [7, 11) is 0. The van der Waals surface area contributed by atoms with Crippen molar-refractivity contribution in [1.82, 2.24) is 5.43 Å². The molecule has 0 heterocycles. The lowest BCUT2D eigenvalue weighted by Gasteiger charge is -1.99. The maximum absolute atomic E-state index is 5.71. The summed E-state index contributed by atoms with van der Waals surface area (Å²) in [5.41, 5.74) is 3.84. The summed E-state index contributed by atoms with van der Waals surface area (Å²) < 4.78 is 0. The van der Waals surface area contributed by atoms with Gasteiger partial charge in [0.1, 0.15) is 0 Å². The molecule has 0 saturated heterocycles. The van der Waals surface area contributed by atoms with Gasteiger partial charge in [-0.25, -0.2) is 0 Å². The summed E-state index contributed by atoms with van der Waals surface area (Å²) in [4.78, 5) is 0. The zero-order valence-electron chi connectivity index (χ0n) is 6.59. The van der Waals surface area contributed by atoms with Gasteiger partial charge in [-0.2, -0.15) is 0 Å². The molecule has 4 heteroatoms. The van der Waals surface area contributed by atoms with Crippen LogP contribution >= 0.6 is 24.0 Å². The highest BCUT2D eigenvalue weighted by atomic mass is 35.5. The van der Waals surface area contributed by atoms with Crippen molar-refractivity contribution in [3.8, 4) is 0 Å². The Hall–Kier alpha value is -0.280. The first-order valence-corrected chi connectivity index (χ1v) is 3.88. The predicted octanol–water partition coefficient (Wildman–Crippen LogP) is 1.77. The lowest BCUT2D eigenvalue weighted by atomic mass is 10.2. The molecule has 2 nitrogen and oxygen atoms in total. The van der Waals surface area contributed by atoms with Crippen molar-refractivity contribution in [3.05, 3.63) is 34.9 Å². The fourth-order valence-electron chi connectivity index (χ4n) is 0.868. The molecule has 0 saturated carbocycles. The molecule has 0 atom stereocenters. The molecule has 68 valence electrons. The van der Waals surface area contributed by atoms with Crippen LogP contribution in [-0.4, -0.2) is 6.54 Å². The summed E-state index contributed by atoms with van der Waals surface area (Å²) in [6, 6.07) is 7.76. The number of halogens is 2. The van der Waals surface area contributed by atoms with Gasteiger partial charge in [-0.15, -0.1) is 12.4 Å². The number of hydrogen-bond acceptors (Lipinski definition) is 2. The molecule has 0 radical (unpaired) electrons. The lowest BCUT2D eigenvalue weighted by molar-refractivity contribution is 0.728. The Morgan fingerprint density at radius 1 is 1.25 bits per heavy atom. The van der Waals surface area contributed by atoms with Crippen LogP contribution in [0.15, 0.2) is 24.3 Å². The fourth-order valence-corrected chi connectivity index (χ4v) is 0.994. The van der Waals surface area contributed by atoms with Crippen molar-refractivity contribution >= 4 is 24.0 Å². The van der Waals surface area contributed by atoms with E-state index in [1.807, 2.05) is 24.3 Å². The standard InChI is InChI=1S/C8H11ClN2.ClH/c9-8-3-1-7(2-4-8)5-6-11-10;/h1-4,11H,5-6,10H2;1H. The van der Waals surface area contributed by atoms with Crippen LogP contribution in [0.1, 0.15) is 5.56 Å². The van der Waals surface area contributed by atoms with Gasteiger partial charge >= 0.3 is 0 Å². The van der Waals surface area contributed by atoms with Gasteiger partial charge in [0.25, 0.3) is 0 Å². The largest absolute Gasteiger partial charge is 0.271 e. The van der Waals surface area contributed by atoms with Crippen molar-refractivity contribution in [2.45, 2.75) is 6.42 Å². The van der Waals surface area contributed by atoms with E-state index in [2.05, 4.69) is 5.43 Å². The van der Waals surface area contributed by atoms with Gasteiger partial charge in [-0.1, -0.05) is 23.7 Å².